The van der Waals surface area contributed by atoms with Gasteiger partial charge in [0.25, 0.3) is 5.91 Å². The van der Waals surface area contributed by atoms with Crippen molar-refractivity contribution in [2.24, 2.45) is 0 Å². The molecule has 0 aliphatic carbocycles. The summed E-state index contributed by atoms with van der Waals surface area (Å²) in [6, 6.07) is 17.9. The lowest BCUT2D eigenvalue weighted by Crippen LogP contribution is -2.21. The first-order valence-electron chi connectivity index (χ1n) is 10.1. The number of rotatable bonds is 5. The van der Waals surface area contributed by atoms with E-state index >= 15 is 0 Å². The molecule has 1 N–H and O–H groups in total. The number of aromatic nitrogens is 1. The standard InChI is InChI=1S/C25H15Cl2F3N2O3/c26-16-8-5-14(6-9-16)21-12-18(17-3-1-2-4-20(17)31-21)24(34)35-13-23(33)32-22-11-15(25(28,29)30)7-10-19(22)27/h1-12H,13H2,(H,32,33). The molecule has 178 valence electrons. The van der Waals surface area contributed by atoms with E-state index < -0.39 is 30.2 Å². The summed E-state index contributed by atoms with van der Waals surface area (Å²) in [7, 11) is 0. The topological polar surface area (TPSA) is 68.3 Å². The number of ether oxygens (including phenoxy) is 1. The Morgan fingerprint density at radius 1 is 0.943 bits per heavy atom. The smallest absolute Gasteiger partial charge is 0.416 e. The lowest BCUT2D eigenvalue weighted by molar-refractivity contribution is -0.137. The molecule has 4 aromatic rings. The fourth-order valence-electron chi connectivity index (χ4n) is 3.31. The van der Waals surface area contributed by atoms with Gasteiger partial charge >= 0.3 is 12.1 Å². The summed E-state index contributed by atoms with van der Waals surface area (Å²) in [5, 5.41) is 3.20. The highest BCUT2D eigenvalue weighted by Gasteiger charge is 2.31. The SMILES string of the molecule is O=C(COC(=O)c1cc(-c2ccc(Cl)cc2)nc2ccccc12)Nc1cc(C(F)(F)F)ccc1Cl. The van der Waals surface area contributed by atoms with E-state index in [-0.39, 0.29) is 16.3 Å². The van der Waals surface area contributed by atoms with Gasteiger partial charge in [-0.05, 0) is 42.5 Å². The lowest BCUT2D eigenvalue weighted by atomic mass is 10.0. The number of nitrogens with one attached hydrogen (secondary N) is 1. The van der Waals surface area contributed by atoms with E-state index in [1.807, 2.05) is 0 Å². The second-order valence-corrected chi connectivity index (χ2v) is 8.24. The highest BCUT2D eigenvalue weighted by Crippen LogP contribution is 2.34. The van der Waals surface area contributed by atoms with E-state index in [4.69, 9.17) is 27.9 Å². The molecule has 1 aromatic heterocycles. The zero-order valence-electron chi connectivity index (χ0n) is 17.7. The number of benzene rings is 3. The number of hydrogen-bond acceptors (Lipinski definition) is 4. The molecule has 0 unspecified atom stereocenters. The minimum atomic E-state index is -4.61. The molecule has 10 heteroatoms. The number of anilines is 1. The average molecular weight is 519 g/mol. The number of esters is 1. The zero-order valence-corrected chi connectivity index (χ0v) is 19.2. The van der Waals surface area contributed by atoms with Gasteiger partial charge in [-0.1, -0.05) is 53.5 Å². The predicted molar refractivity (Wildman–Crippen MR) is 128 cm³/mol. The van der Waals surface area contributed by atoms with Gasteiger partial charge in [0.15, 0.2) is 6.61 Å². The van der Waals surface area contributed by atoms with Crippen molar-refractivity contribution < 1.29 is 27.5 Å². The number of halogens is 5. The van der Waals surface area contributed by atoms with Crippen molar-refractivity contribution in [2.75, 3.05) is 11.9 Å². The van der Waals surface area contributed by atoms with Gasteiger partial charge in [-0.15, -0.1) is 0 Å². The van der Waals surface area contributed by atoms with Gasteiger partial charge in [-0.25, -0.2) is 9.78 Å². The molecule has 1 amide bonds. The summed E-state index contributed by atoms with van der Waals surface area (Å²) >= 11 is 11.8. The van der Waals surface area contributed by atoms with E-state index in [1.165, 1.54) is 6.07 Å². The van der Waals surface area contributed by atoms with Gasteiger partial charge < -0.3 is 10.1 Å². The van der Waals surface area contributed by atoms with Crippen molar-refractivity contribution in [2.45, 2.75) is 6.18 Å². The van der Waals surface area contributed by atoms with Crippen LogP contribution in [0.4, 0.5) is 18.9 Å². The summed E-state index contributed by atoms with van der Waals surface area (Å²) in [6.45, 7) is -0.738. The quantitative estimate of drug-likeness (QED) is 0.288. The fourth-order valence-corrected chi connectivity index (χ4v) is 3.60. The number of nitrogens with zero attached hydrogens (tertiary/aromatic N) is 1. The third kappa shape index (κ3) is 5.72. The maximum Gasteiger partial charge on any atom is 0.416 e. The molecule has 1 heterocycles. The molecule has 0 bridgehead atoms. The fraction of sp³-hybridized carbons (Fsp3) is 0.0800. The molecular weight excluding hydrogens is 504 g/mol. The highest BCUT2D eigenvalue weighted by molar-refractivity contribution is 6.33. The van der Waals surface area contributed by atoms with E-state index in [9.17, 15) is 22.8 Å². The molecule has 5 nitrogen and oxygen atoms in total. The van der Waals surface area contributed by atoms with Crippen LogP contribution in [0, 0.1) is 0 Å². The van der Waals surface area contributed by atoms with Crippen molar-refractivity contribution in [1.82, 2.24) is 4.98 Å². The Morgan fingerprint density at radius 3 is 2.37 bits per heavy atom. The van der Waals surface area contributed by atoms with Gasteiger partial charge in [0.2, 0.25) is 0 Å². The van der Waals surface area contributed by atoms with E-state index in [0.29, 0.717) is 33.2 Å². The molecule has 0 atom stereocenters. The van der Waals surface area contributed by atoms with Crippen LogP contribution in [0.1, 0.15) is 15.9 Å². The first-order chi connectivity index (χ1) is 16.6. The third-order valence-electron chi connectivity index (χ3n) is 4.98. The highest BCUT2D eigenvalue weighted by atomic mass is 35.5. The monoisotopic (exact) mass is 518 g/mol. The minimum absolute atomic E-state index is 0.0922. The molecule has 35 heavy (non-hydrogen) atoms. The molecule has 0 radical (unpaired) electrons. The van der Waals surface area contributed by atoms with Crippen molar-refractivity contribution >= 4 is 51.7 Å². The van der Waals surface area contributed by atoms with E-state index in [0.717, 1.165) is 12.1 Å². The van der Waals surface area contributed by atoms with Crippen LogP contribution in [0.5, 0.6) is 0 Å². The van der Waals surface area contributed by atoms with Gasteiger partial charge in [0.1, 0.15) is 0 Å². The van der Waals surface area contributed by atoms with Crippen molar-refractivity contribution in [3.8, 4) is 11.3 Å². The van der Waals surface area contributed by atoms with Crippen LogP contribution in [0.2, 0.25) is 10.0 Å². The first-order valence-corrected chi connectivity index (χ1v) is 10.9. The summed E-state index contributed by atoms with van der Waals surface area (Å²) in [5.74, 6) is -1.65. The summed E-state index contributed by atoms with van der Waals surface area (Å²) in [6.07, 6.45) is -4.61. The number of fused-ring (bicyclic) bond motifs is 1. The number of alkyl halides is 3. The van der Waals surface area contributed by atoms with Gasteiger partial charge in [-0.3, -0.25) is 4.79 Å². The average Bonchev–Trinajstić information content (AvgIpc) is 2.83. The Balaban J connectivity index is 1.54. The maximum atomic E-state index is 12.9. The van der Waals surface area contributed by atoms with Crippen LogP contribution < -0.4 is 5.32 Å². The minimum Gasteiger partial charge on any atom is -0.452 e. The predicted octanol–water partition coefficient (Wildman–Crippen LogP) is 7.02. The normalized spacial score (nSPS) is 11.3. The molecule has 0 aliphatic heterocycles. The van der Waals surface area contributed by atoms with Crippen molar-refractivity contribution in [1.29, 1.82) is 0 Å². The Morgan fingerprint density at radius 2 is 1.66 bits per heavy atom. The largest absolute Gasteiger partial charge is 0.452 e. The lowest BCUT2D eigenvalue weighted by Gasteiger charge is -2.12. The number of amides is 1. The molecule has 0 saturated heterocycles. The van der Waals surface area contributed by atoms with Crippen LogP contribution in [-0.4, -0.2) is 23.5 Å². The number of para-hydroxylation sites is 1. The second-order valence-electron chi connectivity index (χ2n) is 7.40. The van der Waals surface area contributed by atoms with E-state index in [1.54, 1.807) is 48.5 Å². The molecule has 0 aliphatic rings. The van der Waals surface area contributed by atoms with Crippen molar-refractivity contribution in [3.63, 3.8) is 0 Å². The molecular formula is C25H15Cl2F3N2O3. The van der Waals surface area contributed by atoms with Crippen LogP contribution in [0.25, 0.3) is 22.2 Å². The third-order valence-corrected chi connectivity index (χ3v) is 5.56. The molecule has 0 fully saturated rings. The Kier molecular flexibility index (Phi) is 6.95. The summed E-state index contributed by atoms with van der Waals surface area (Å²) < 4.78 is 44.0. The molecule has 3 aromatic carbocycles. The van der Waals surface area contributed by atoms with Gasteiger partial charge in [0, 0.05) is 16.0 Å². The van der Waals surface area contributed by atoms with Gasteiger partial charge in [0.05, 0.1) is 33.0 Å². The van der Waals surface area contributed by atoms with Gasteiger partial charge in [-0.2, -0.15) is 13.2 Å². The number of carbonyl (C=O) groups is 2. The Labute approximate surface area is 207 Å². The Hall–Kier alpha value is -3.62. The Bertz CT molecular complexity index is 1420. The van der Waals surface area contributed by atoms with Crippen LogP contribution >= 0.6 is 23.2 Å². The first kappa shape index (κ1) is 24.5. The summed E-state index contributed by atoms with van der Waals surface area (Å²) in [4.78, 5) is 29.7. The van der Waals surface area contributed by atoms with E-state index in [2.05, 4.69) is 10.3 Å². The molecule has 0 saturated carbocycles. The van der Waals surface area contributed by atoms with Crippen LogP contribution in [0.15, 0.2) is 72.8 Å². The van der Waals surface area contributed by atoms with Crippen LogP contribution in [-0.2, 0) is 15.7 Å². The number of hydrogen-bond donors (Lipinski definition) is 1. The summed E-state index contributed by atoms with van der Waals surface area (Å²) in [5.41, 5.74) is 0.685. The molecule has 4 rings (SSSR count). The second kappa shape index (κ2) is 9.93. The number of carbonyl (C=O) groups excluding carboxylic acids is 2. The molecule has 0 spiro atoms. The zero-order chi connectivity index (χ0) is 25.2. The van der Waals surface area contributed by atoms with Crippen LogP contribution in [0.3, 0.4) is 0 Å². The maximum absolute atomic E-state index is 12.9. The van der Waals surface area contributed by atoms with Crippen molar-refractivity contribution in [3.05, 3.63) is 94.0 Å². The number of pyridine rings is 1.